The van der Waals surface area contributed by atoms with E-state index in [1.165, 1.54) is 17.7 Å². The van der Waals surface area contributed by atoms with Crippen LogP contribution in [-0.2, 0) is 6.54 Å². The van der Waals surface area contributed by atoms with Crippen LogP contribution in [0.2, 0.25) is 0 Å². The van der Waals surface area contributed by atoms with Crippen LogP contribution < -0.4 is 0 Å². The lowest BCUT2D eigenvalue weighted by Gasteiger charge is -2.35. The second-order valence-corrected chi connectivity index (χ2v) is 8.14. The Bertz CT molecular complexity index is 1240. The standard InChI is InChI=1S/C27H24FN3O/c28-22-11-12-25-23(17-22)24(18-26(29-25)21-9-5-2-6-10-21)27(32)31-15-13-30(14-16-31)19-20-7-3-1-4-8-20/h1-12,17-18H,13-16,19H2. The number of amides is 1. The summed E-state index contributed by atoms with van der Waals surface area (Å²) in [5.41, 5.74) is 4.05. The van der Waals surface area contributed by atoms with Crippen molar-refractivity contribution in [1.29, 1.82) is 0 Å². The van der Waals surface area contributed by atoms with Gasteiger partial charge in [-0.3, -0.25) is 9.69 Å². The van der Waals surface area contributed by atoms with Gasteiger partial charge in [0.1, 0.15) is 5.82 Å². The van der Waals surface area contributed by atoms with Crippen LogP contribution in [0.3, 0.4) is 0 Å². The van der Waals surface area contributed by atoms with Crippen molar-refractivity contribution < 1.29 is 9.18 Å². The number of hydrogen-bond acceptors (Lipinski definition) is 3. The van der Waals surface area contributed by atoms with Crippen molar-refractivity contribution >= 4 is 16.8 Å². The van der Waals surface area contributed by atoms with Crippen molar-refractivity contribution in [3.05, 3.63) is 102 Å². The van der Waals surface area contributed by atoms with Gasteiger partial charge in [-0.05, 0) is 29.8 Å². The number of hydrogen-bond donors (Lipinski definition) is 0. The molecule has 3 aromatic carbocycles. The van der Waals surface area contributed by atoms with E-state index in [0.29, 0.717) is 29.6 Å². The van der Waals surface area contributed by atoms with Gasteiger partial charge in [-0.2, -0.15) is 0 Å². The highest BCUT2D eigenvalue weighted by Crippen LogP contribution is 2.27. The molecule has 1 aliphatic heterocycles. The van der Waals surface area contributed by atoms with Crippen molar-refractivity contribution in [3.63, 3.8) is 0 Å². The lowest BCUT2D eigenvalue weighted by molar-refractivity contribution is 0.0630. The molecule has 5 rings (SSSR count). The molecule has 1 aliphatic rings. The summed E-state index contributed by atoms with van der Waals surface area (Å²) in [6.07, 6.45) is 0. The van der Waals surface area contributed by atoms with Crippen LogP contribution >= 0.6 is 0 Å². The topological polar surface area (TPSA) is 36.4 Å². The predicted octanol–water partition coefficient (Wildman–Crippen LogP) is 5.00. The van der Waals surface area contributed by atoms with Crippen LogP contribution in [0.1, 0.15) is 15.9 Å². The van der Waals surface area contributed by atoms with Crippen LogP contribution in [-0.4, -0.2) is 46.9 Å². The first-order valence-corrected chi connectivity index (χ1v) is 10.9. The number of halogens is 1. The van der Waals surface area contributed by atoms with Gasteiger partial charge in [-0.1, -0.05) is 60.7 Å². The van der Waals surface area contributed by atoms with E-state index in [1.807, 2.05) is 53.4 Å². The Hall–Kier alpha value is -3.57. The highest BCUT2D eigenvalue weighted by molar-refractivity contribution is 6.07. The zero-order valence-electron chi connectivity index (χ0n) is 17.7. The molecular weight excluding hydrogens is 401 g/mol. The van der Waals surface area contributed by atoms with Gasteiger partial charge in [-0.15, -0.1) is 0 Å². The predicted molar refractivity (Wildman–Crippen MR) is 125 cm³/mol. The summed E-state index contributed by atoms with van der Waals surface area (Å²) in [6.45, 7) is 3.79. The van der Waals surface area contributed by atoms with Gasteiger partial charge in [0.05, 0.1) is 16.8 Å². The van der Waals surface area contributed by atoms with E-state index in [-0.39, 0.29) is 11.7 Å². The quantitative estimate of drug-likeness (QED) is 0.462. The molecule has 4 aromatic rings. The Morgan fingerprint density at radius 2 is 1.53 bits per heavy atom. The molecular formula is C27H24FN3O. The van der Waals surface area contributed by atoms with Crippen molar-refractivity contribution in [2.45, 2.75) is 6.54 Å². The number of benzene rings is 3. The fourth-order valence-corrected chi connectivity index (χ4v) is 4.25. The Labute approximate surface area is 186 Å². The molecule has 1 amide bonds. The fourth-order valence-electron chi connectivity index (χ4n) is 4.25. The summed E-state index contributed by atoms with van der Waals surface area (Å²) in [6, 6.07) is 26.4. The van der Waals surface area contributed by atoms with Gasteiger partial charge in [0, 0.05) is 43.7 Å². The molecule has 160 valence electrons. The van der Waals surface area contributed by atoms with Gasteiger partial charge >= 0.3 is 0 Å². The third-order valence-corrected chi connectivity index (χ3v) is 5.98. The zero-order valence-corrected chi connectivity index (χ0v) is 17.7. The monoisotopic (exact) mass is 425 g/mol. The van der Waals surface area contributed by atoms with Gasteiger partial charge in [0.15, 0.2) is 0 Å². The molecule has 0 unspecified atom stereocenters. The summed E-state index contributed by atoms with van der Waals surface area (Å²) in [5.74, 6) is -0.437. The normalized spacial score (nSPS) is 14.6. The van der Waals surface area contributed by atoms with E-state index in [9.17, 15) is 9.18 Å². The second kappa shape index (κ2) is 8.89. The number of fused-ring (bicyclic) bond motifs is 1. The van der Waals surface area contributed by atoms with Crippen molar-refractivity contribution in [2.24, 2.45) is 0 Å². The third kappa shape index (κ3) is 4.25. The van der Waals surface area contributed by atoms with Crippen molar-refractivity contribution in [2.75, 3.05) is 26.2 Å². The SMILES string of the molecule is O=C(c1cc(-c2ccccc2)nc2ccc(F)cc12)N1CCN(Cc2ccccc2)CC1. The Balaban J connectivity index is 1.41. The molecule has 2 heterocycles. The first-order valence-electron chi connectivity index (χ1n) is 10.9. The Kier molecular flexibility index (Phi) is 5.65. The van der Waals surface area contributed by atoms with Crippen LogP contribution in [0.5, 0.6) is 0 Å². The lowest BCUT2D eigenvalue weighted by atomic mass is 10.0. The lowest BCUT2D eigenvalue weighted by Crippen LogP contribution is -2.48. The average Bonchev–Trinajstić information content (AvgIpc) is 2.85. The summed E-state index contributed by atoms with van der Waals surface area (Å²) in [4.78, 5) is 22.4. The Morgan fingerprint density at radius 3 is 2.25 bits per heavy atom. The van der Waals surface area contributed by atoms with Gasteiger partial charge in [0.25, 0.3) is 5.91 Å². The largest absolute Gasteiger partial charge is 0.336 e. The van der Waals surface area contributed by atoms with Crippen LogP contribution in [0.15, 0.2) is 84.9 Å². The summed E-state index contributed by atoms with van der Waals surface area (Å²) in [7, 11) is 0. The molecule has 0 aliphatic carbocycles. The molecule has 0 saturated carbocycles. The van der Waals surface area contributed by atoms with E-state index < -0.39 is 0 Å². The highest BCUT2D eigenvalue weighted by atomic mass is 19.1. The number of rotatable bonds is 4. The van der Waals surface area contributed by atoms with Crippen molar-refractivity contribution in [1.82, 2.24) is 14.8 Å². The molecule has 1 saturated heterocycles. The van der Waals surface area contributed by atoms with Crippen LogP contribution in [0.4, 0.5) is 4.39 Å². The Morgan fingerprint density at radius 1 is 0.844 bits per heavy atom. The number of pyridine rings is 1. The van der Waals surface area contributed by atoms with Gasteiger partial charge < -0.3 is 4.90 Å². The highest BCUT2D eigenvalue weighted by Gasteiger charge is 2.24. The van der Waals surface area contributed by atoms with E-state index in [1.54, 1.807) is 12.1 Å². The molecule has 0 atom stereocenters. The molecule has 0 spiro atoms. The molecule has 32 heavy (non-hydrogen) atoms. The minimum atomic E-state index is -0.367. The number of aromatic nitrogens is 1. The third-order valence-electron chi connectivity index (χ3n) is 5.98. The smallest absolute Gasteiger partial charge is 0.254 e. The molecule has 4 nitrogen and oxygen atoms in total. The molecule has 1 fully saturated rings. The summed E-state index contributed by atoms with van der Waals surface area (Å²) in [5, 5.41) is 0.557. The minimum absolute atomic E-state index is 0.0699. The maximum atomic E-state index is 14.0. The number of piperazine rings is 1. The van der Waals surface area contributed by atoms with Crippen LogP contribution in [0.25, 0.3) is 22.2 Å². The average molecular weight is 426 g/mol. The molecule has 5 heteroatoms. The summed E-state index contributed by atoms with van der Waals surface area (Å²) < 4.78 is 14.0. The first-order chi connectivity index (χ1) is 15.7. The van der Waals surface area contributed by atoms with Crippen LogP contribution in [0, 0.1) is 5.82 Å². The minimum Gasteiger partial charge on any atom is -0.336 e. The zero-order chi connectivity index (χ0) is 21.9. The molecule has 0 N–H and O–H groups in total. The fraction of sp³-hybridized carbons (Fsp3) is 0.185. The van der Waals surface area contributed by atoms with Gasteiger partial charge in [0.2, 0.25) is 0 Å². The van der Waals surface area contributed by atoms with E-state index in [0.717, 1.165) is 30.9 Å². The molecule has 0 radical (unpaired) electrons. The number of nitrogens with zero attached hydrogens (tertiary/aromatic N) is 3. The molecule has 1 aromatic heterocycles. The maximum Gasteiger partial charge on any atom is 0.254 e. The summed E-state index contributed by atoms with van der Waals surface area (Å²) >= 11 is 0. The number of carbonyl (C=O) groups is 1. The van der Waals surface area contributed by atoms with E-state index in [4.69, 9.17) is 0 Å². The van der Waals surface area contributed by atoms with E-state index >= 15 is 0 Å². The maximum absolute atomic E-state index is 14.0. The van der Waals surface area contributed by atoms with Crippen molar-refractivity contribution in [3.8, 4) is 11.3 Å². The first kappa shape index (κ1) is 20.3. The second-order valence-electron chi connectivity index (χ2n) is 8.14. The van der Waals surface area contributed by atoms with E-state index in [2.05, 4.69) is 22.0 Å². The molecule has 0 bridgehead atoms. The number of carbonyl (C=O) groups excluding carboxylic acids is 1. The van der Waals surface area contributed by atoms with Gasteiger partial charge in [-0.25, -0.2) is 9.37 Å².